The Morgan fingerprint density at radius 3 is 2.26 bits per heavy atom. The Hall–Kier alpha value is -3.74. The first-order valence-electron chi connectivity index (χ1n) is 10.1. The van der Waals surface area contributed by atoms with E-state index in [1.807, 2.05) is 63.2 Å². The second-order valence-electron chi connectivity index (χ2n) is 6.94. The molecular weight excluding hydrogens is 390 g/mol. The van der Waals surface area contributed by atoms with Crippen LogP contribution in [0.3, 0.4) is 0 Å². The second-order valence-corrected chi connectivity index (χ2v) is 6.94. The van der Waals surface area contributed by atoms with Crippen LogP contribution in [0.4, 0.5) is 0 Å². The smallest absolute Gasteiger partial charge is 0.266 e. The van der Waals surface area contributed by atoms with E-state index < -0.39 is 5.54 Å². The molecule has 1 aliphatic rings. The third-order valence-electron chi connectivity index (χ3n) is 5.23. The summed E-state index contributed by atoms with van der Waals surface area (Å²) in [5.41, 5.74) is 8.92. The van der Waals surface area contributed by atoms with Gasteiger partial charge >= 0.3 is 0 Å². The number of benzene rings is 2. The van der Waals surface area contributed by atoms with Gasteiger partial charge < -0.3 is 10.5 Å². The molecular formula is C24H27N5O2. The van der Waals surface area contributed by atoms with Crippen LogP contribution in [0.15, 0.2) is 66.2 Å². The highest BCUT2D eigenvalue weighted by atomic mass is 16.5. The van der Waals surface area contributed by atoms with Crippen LogP contribution in [0.1, 0.15) is 30.5 Å². The van der Waals surface area contributed by atoms with E-state index in [9.17, 15) is 4.79 Å². The first kappa shape index (κ1) is 22.0. The number of aromatic nitrogens is 2. The fourth-order valence-electron chi connectivity index (χ4n) is 3.66. The highest BCUT2D eigenvalue weighted by Crippen LogP contribution is 2.41. The number of methoxy groups -OCH3 is 1. The van der Waals surface area contributed by atoms with Gasteiger partial charge in [-0.3, -0.25) is 9.69 Å². The van der Waals surface area contributed by atoms with E-state index in [4.69, 9.17) is 10.5 Å². The summed E-state index contributed by atoms with van der Waals surface area (Å²) in [6, 6.07) is 13.3. The molecule has 7 heteroatoms. The van der Waals surface area contributed by atoms with Crippen molar-refractivity contribution in [2.45, 2.75) is 26.3 Å². The molecule has 0 fully saturated rings. The highest BCUT2D eigenvalue weighted by Gasteiger charge is 2.49. The summed E-state index contributed by atoms with van der Waals surface area (Å²) in [5.74, 6) is 0.716. The third-order valence-corrected chi connectivity index (χ3v) is 5.23. The van der Waals surface area contributed by atoms with Crippen molar-refractivity contribution < 1.29 is 9.53 Å². The number of amides is 1. The van der Waals surface area contributed by atoms with Crippen LogP contribution in [0, 0.1) is 6.92 Å². The standard InChI is InChI=1S/C22H21N5O2.C2H6/c1-14-9-18(7-8-19(14)29-3)22(20(28)27(2)21(23)26-22)17-6-4-5-15(10-17)16-11-24-13-25-12-16;1-2/h4-13H,1-3H3,(H2,23,26);1-2H3/t22-;/m1./s1. The third kappa shape index (κ3) is 3.74. The number of hydrogen-bond donors (Lipinski definition) is 1. The quantitative estimate of drug-likeness (QED) is 0.701. The lowest BCUT2D eigenvalue weighted by atomic mass is 9.81. The minimum atomic E-state index is -1.26. The van der Waals surface area contributed by atoms with Gasteiger partial charge in [0.25, 0.3) is 5.91 Å². The van der Waals surface area contributed by atoms with Gasteiger partial charge in [-0.15, -0.1) is 0 Å². The maximum Gasteiger partial charge on any atom is 0.266 e. The molecule has 1 amide bonds. The Bertz CT molecular complexity index is 1110. The van der Waals surface area contributed by atoms with Crippen molar-refractivity contribution in [1.82, 2.24) is 14.9 Å². The van der Waals surface area contributed by atoms with Gasteiger partial charge in [-0.05, 0) is 47.4 Å². The van der Waals surface area contributed by atoms with E-state index in [0.717, 1.165) is 33.6 Å². The Balaban J connectivity index is 0.00000132. The lowest BCUT2D eigenvalue weighted by Crippen LogP contribution is -2.41. The molecule has 0 aliphatic carbocycles. The predicted octanol–water partition coefficient (Wildman–Crippen LogP) is 3.52. The molecule has 0 bridgehead atoms. The number of aryl methyl sites for hydroxylation is 1. The van der Waals surface area contributed by atoms with Gasteiger partial charge in [-0.25, -0.2) is 15.0 Å². The number of likely N-dealkylation sites (N-methyl/N-ethyl adjacent to an activating group) is 1. The fraction of sp³-hybridized carbons (Fsp3) is 0.250. The normalized spacial score (nSPS) is 17.6. The van der Waals surface area contributed by atoms with Crippen molar-refractivity contribution in [3.05, 3.63) is 77.9 Å². The first-order chi connectivity index (χ1) is 15.0. The summed E-state index contributed by atoms with van der Waals surface area (Å²) in [6.45, 7) is 5.93. The zero-order chi connectivity index (χ0) is 22.6. The van der Waals surface area contributed by atoms with Crippen molar-refractivity contribution in [3.63, 3.8) is 0 Å². The lowest BCUT2D eigenvalue weighted by Gasteiger charge is -2.27. The molecule has 2 heterocycles. The number of aliphatic imine (C=N–C) groups is 1. The number of ether oxygens (including phenoxy) is 1. The van der Waals surface area contributed by atoms with E-state index >= 15 is 0 Å². The second kappa shape index (κ2) is 8.95. The summed E-state index contributed by atoms with van der Waals surface area (Å²) >= 11 is 0. The molecule has 0 spiro atoms. The van der Waals surface area contributed by atoms with Crippen molar-refractivity contribution in [2.75, 3.05) is 14.2 Å². The molecule has 1 aromatic heterocycles. The summed E-state index contributed by atoms with van der Waals surface area (Å²) in [5, 5.41) is 0. The number of guanidine groups is 1. The number of hydrogen-bond acceptors (Lipinski definition) is 6. The lowest BCUT2D eigenvalue weighted by molar-refractivity contribution is -0.129. The van der Waals surface area contributed by atoms with Gasteiger partial charge in [0.1, 0.15) is 12.1 Å². The Morgan fingerprint density at radius 2 is 1.68 bits per heavy atom. The van der Waals surface area contributed by atoms with E-state index in [1.54, 1.807) is 26.6 Å². The molecule has 1 atom stereocenters. The van der Waals surface area contributed by atoms with Crippen molar-refractivity contribution in [2.24, 2.45) is 10.7 Å². The van der Waals surface area contributed by atoms with Crippen LogP contribution < -0.4 is 10.5 Å². The number of rotatable bonds is 4. The molecule has 160 valence electrons. The van der Waals surface area contributed by atoms with Crippen LogP contribution in [-0.4, -0.2) is 40.9 Å². The molecule has 2 N–H and O–H groups in total. The maximum atomic E-state index is 13.4. The van der Waals surface area contributed by atoms with Crippen molar-refractivity contribution in [1.29, 1.82) is 0 Å². The van der Waals surface area contributed by atoms with Gasteiger partial charge in [0, 0.05) is 25.0 Å². The molecule has 31 heavy (non-hydrogen) atoms. The molecule has 2 aromatic carbocycles. The average molecular weight is 418 g/mol. The van der Waals surface area contributed by atoms with Gasteiger partial charge in [0.15, 0.2) is 11.5 Å². The minimum Gasteiger partial charge on any atom is -0.496 e. The zero-order valence-corrected chi connectivity index (χ0v) is 18.5. The van der Waals surface area contributed by atoms with E-state index in [0.29, 0.717) is 0 Å². The monoisotopic (exact) mass is 417 g/mol. The summed E-state index contributed by atoms with van der Waals surface area (Å²) in [6.07, 6.45) is 4.95. The zero-order valence-electron chi connectivity index (χ0n) is 18.5. The predicted molar refractivity (Wildman–Crippen MR) is 122 cm³/mol. The number of nitrogens with two attached hydrogens (primary N) is 1. The van der Waals surface area contributed by atoms with Gasteiger partial charge in [0.05, 0.1) is 7.11 Å². The van der Waals surface area contributed by atoms with Crippen molar-refractivity contribution >= 4 is 11.9 Å². The number of carbonyl (C=O) groups excluding carboxylic acids is 1. The Labute approximate surface area is 182 Å². The summed E-state index contributed by atoms with van der Waals surface area (Å²) < 4.78 is 5.38. The van der Waals surface area contributed by atoms with E-state index in [2.05, 4.69) is 15.0 Å². The van der Waals surface area contributed by atoms with Crippen LogP contribution in [0.2, 0.25) is 0 Å². The van der Waals surface area contributed by atoms with E-state index in [-0.39, 0.29) is 11.9 Å². The molecule has 1 aliphatic heterocycles. The average Bonchev–Trinajstić information content (AvgIpc) is 3.06. The Kier molecular flexibility index (Phi) is 6.34. The van der Waals surface area contributed by atoms with Gasteiger partial charge in [-0.2, -0.15) is 0 Å². The van der Waals surface area contributed by atoms with Crippen LogP contribution >= 0.6 is 0 Å². The molecule has 0 unspecified atom stereocenters. The van der Waals surface area contributed by atoms with Crippen molar-refractivity contribution in [3.8, 4) is 16.9 Å². The molecule has 3 aromatic rings. The topological polar surface area (TPSA) is 93.7 Å². The number of nitrogens with zero attached hydrogens (tertiary/aromatic N) is 4. The summed E-state index contributed by atoms with van der Waals surface area (Å²) in [4.78, 5) is 27.6. The first-order valence-corrected chi connectivity index (χ1v) is 10.1. The fourth-order valence-corrected chi connectivity index (χ4v) is 3.66. The van der Waals surface area contributed by atoms with Crippen LogP contribution in [0.25, 0.3) is 11.1 Å². The van der Waals surface area contributed by atoms with Crippen LogP contribution in [-0.2, 0) is 10.3 Å². The molecule has 0 saturated carbocycles. The van der Waals surface area contributed by atoms with E-state index in [1.165, 1.54) is 11.2 Å². The SMILES string of the molecule is CC.COc1ccc([C@@]2(c3cccc(-c4cncnc4)c3)N=C(N)N(C)C2=O)cc1C. The van der Waals surface area contributed by atoms with Crippen LogP contribution in [0.5, 0.6) is 5.75 Å². The molecule has 4 rings (SSSR count). The summed E-state index contributed by atoms with van der Waals surface area (Å²) in [7, 11) is 3.25. The molecule has 0 saturated heterocycles. The largest absolute Gasteiger partial charge is 0.496 e. The molecule has 0 radical (unpaired) electrons. The number of carbonyl (C=O) groups is 1. The Morgan fingerprint density at radius 1 is 1.00 bits per heavy atom. The van der Waals surface area contributed by atoms with Gasteiger partial charge in [-0.1, -0.05) is 38.1 Å². The maximum absolute atomic E-state index is 13.4. The highest BCUT2D eigenvalue weighted by molar-refractivity contribution is 6.09. The van der Waals surface area contributed by atoms with Gasteiger partial charge in [0.2, 0.25) is 0 Å². The molecule has 7 nitrogen and oxygen atoms in total. The minimum absolute atomic E-state index is 0.178.